The van der Waals surface area contributed by atoms with Crippen molar-refractivity contribution in [1.29, 1.82) is 0 Å². The molecule has 0 unspecified atom stereocenters. The smallest absolute Gasteiger partial charge is 0.320 e. The van der Waals surface area contributed by atoms with E-state index in [0.717, 1.165) is 12.8 Å². The van der Waals surface area contributed by atoms with Crippen LogP contribution < -0.4 is 17.2 Å². The van der Waals surface area contributed by atoms with Crippen molar-refractivity contribution in [3.05, 3.63) is 30.1 Å². The Labute approximate surface area is 111 Å². The van der Waals surface area contributed by atoms with Crippen molar-refractivity contribution in [2.45, 2.75) is 25.3 Å². The maximum atomic E-state index is 10.4. The number of aliphatic carboxylic acids is 1. The number of rotatable bonds is 6. The third-order valence-electron chi connectivity index (χ3n) is 2.23. The summed E-state index contributed by atoms with van der Waals surface area (Å²) in [4.78, 5) is 24.2. The first-order valence-electron chi connectivity index (χ1n) is 5.87. The van der Waals surface area contributed by atoms with Gasteiger partial charge >= 0.3 is 5.97 Å². The molecule has 0 spiro atoms. The van der Waals surface area contributed by atoms with Crippen molar-refractivity contribution in [2.24, 2.45) is 17.2 Å². The van der Waals surface area contributed by atoms with Crippen LogP contribution in [-0.4, -0.2) is 34.6 Å². The van der Waals surface area contributed by atoms with Crippen LogP contribution in [0.15, 0.2) is 24.5 Å². The number of carboxylic acids is 1. The van der Waals surface area contributed by atoms with Crippen LogP contribution in [-0.2, 0) is 4.79 Å². The van der Waals surface area contributed by atoms with Crippen molar-refractivity contribution in [1.82, 2.24) is 4.98 Å². The van der Waals surface area contributed by atoms with Crippen LogP contribution in [0.4, 0.5) is 0 Å². The maximum absolute atomic E-state index is 10.4. The summed E-state index contributed by atoms with van der Waals surface area (Å²) in [5, 5.41) is 8.33. The van der Waals surface area contributed by atoms with Crippen LogP contribution >= 0.6 is 0 Å². The van der Waals surface area contributed by atoms with E-state index in [1.54, 1.807) is 18.3 Å². The fraction of sp³-hybridized carbons (Fsp3) is 0.417. The number of hydrogen-bond acceptors (Lipinski definition) is 5. The molecule has 0 fully saturated rings. The summed E-state index contributed by atoms with van der Waals surface area (Å²) in [6, 6.07) is 2.57. The van der Waals surface area contributed by atoms with Gasteiger partial charge in [-0.2, -0.15) is 0 Å². The largest absolute Gasteiger partial charge is 0.480 e. The van der Waals surface area contributed by atoms with E-state index in [1.807, 2.05) is 0 Å². The van der Waals surface area contributed by atoms with E-state index in [9.17, 15) is 9.59 Å². The molecule has 0 aliphatic heterocycles. The molecule has 0 aliphatic rings. The Morgan fingerprint density at radius 1 is 1.37 bits per heavy atom. The standard InChI is InChI=1S/C6H14N2O2.C6H6N2O/c7-4-2-1-3-5(8)6(9)10;7-6(9)5-2-1-3-8-4-5/h5H,1-4,7-8H2,(H,9,10);1-4H,(H2,7,9)/t5-;/m0./s1. The average Bonchev–Trinajstić information content (AvgIpc) is 2.40. The molecule has 1 rings (SSSR count). The van der Waals surface area contributed by atoms with E-state index in [-0.39, 0.29) is 0 Å². The second-order valence-corrected chi connectivity index (χ2v) is 3.84. The zero-order valence-corrected chi connectivity index (χ0v) is 10.7. The second-order valence-electron chi connectivity index (χ2n) is 3.84. The molecule has 0 aliphatic carbocycles. The van der Waals surface area contributed by atoms with Gasteiger partial charge in [0.05, 0.1) is 5.56 Å². The van der Waals surface area contributed by atoms with Gasteiger partial charge in [0.2, 0.25) is 5.91 Å². The molecular weight excluding hydrogens is 248 g/mol. The number of unbranched alkanes of at least 4 members (excludes halogenated alkanes) is 1. The highest BCUT2D eigenvalue weighted by molar-refractivity contribution is 5.92. The predicted octanol–water partition coefficient (Wildman–Crippen LogP) is -0.292. The van der Waals surface area contributed by atoms with Gasteiger partial charge in [-0.05, 0) is 31.5 Å². The zero-order valence-electron chi connectivity index (χ0n) is 10.7. The van der Waals surface area contributed by atoms with Crippen LogP contribution in [0.5, 0.6) is 0 Å². The number of nitrogens with two attached hydrogens (primary N) is 3. The van der Waals surface area contributed by atoms with Crippen molar-refractivity contribution < 1.29 is 14.7 Å². The minimum absolute atomic E-state index is 0.442. The SMILES string of the molecule is NC(=O)c1cccnc1.NCCCC[C@H](N)C(=O)O. The molecule has 1 heterocycles. The Kier molecular flexibility index (Phi) is 8.94. The van der Waals surface area contributed by atoms with E-state index < -0.39 is 17.9 Å². The fourth-order valence-electron chi connectivity index (χ4n) is 1.14. The summed E-state index contributed by atoms with van der Waals surface area (Å²) >= 11 is 0. The van der Waals surface area contributed by atoms with E-state index in [4.69, 9.17) is 22.3 Å². The van der Waals surface area contributed by atoms with Gasteiger partial charge in [-0.15, -0.1) is 0 Å². The van der Waals surface area contributed by atoms with Gasteiger partial charge in [-0.3, -0.25) is 14.6 Å². The molecule has 1 amide bonds. The first-order chi connectivity index (χ1) is 8.99. The Balaban J connectivity index is 0.000000342. The Bertz CT molecular complexity index is 384. The molecule has 0 radical (unpaired) electrons. The van der Waals surface area contributed by atoms with Gasteiger partial charge in [0.1, 0.15) is 6.04 Å². The lowest BCUT2D eigenvalue weighted by atomic mass is 10.1. The molecule has 7 N–H and O–H groups in total. The molecule has 106 valence electrons. The topological polar surface area (TPSA) is 145 Å². The van der Waals surface area contributed by atoms with E-state index in [2.05, 4.69) is 4.98 Å². The van der Waals surface area contributed by atoms with Gasteiger partial charge in [-0.1, -0.05) is 6.42 Å². The number of primary amides is 1. The van der Waals surface area contributed by atoms with Crippen molar-refractivity contribution in [3.63, 3.8) is 0 Å². The lowest BCUT2D eigenvalue weighted by Crippen LogP contribution is -2.29. The first-order valence-corrected chi connectivity index (χ1v) is 5.87. The predicted molar refractivity (Wildman–Crippen MR) is 71.3 cm³/mol. The fourth-order valence-corrected chi connectivity index (χ4v) is 1.14. The van der Waals surface area contributed by atoms with Crippen molar-refractivity contribution >= 4 is 11.9 Å². The maximum Gasteiger partial charge on any atom is 0.320 e. The highest BCUT2D eigenvalue weighted by Gasteiger charge is 2.09. The summed E-state index contributed by atoms with van der Waals surface area (Å²) in [5.41, 5.74) is 15.8. The summed E-state index contributed by atoms with van der Waals surface area (Å²) in [5.74, 6) is -1.37. The van der Waals surface area contributed by atoms with E-state index in [1.165, 1.54) is 6.20 Å². The second kappa shape index (κ2) is 9.98. The molecule has 0 saturated heterocycles. The summed E-state index contributed by atoms with van der Waals surface area (Å²) in [6.07, 6.45) is 5.19. The Morgan fingerprint density at radius 2 is 2.05 bits per heavy atom. The monoisotopic (exact) mass is 268 g/mol. The van der Waals surface area contributed by atoms with Crippen LogP contribution in [0.2, 0.25) is 0 Å². The number of aromatic nitrogens is 1. The number of hydrogen-bond donors (Lipinski definition) is 4. The molecule has 1 aromatic rings. The Morgan fingerprint density at radius 3 is 2.42 bits per heavy atom. The molecular formula is C12H20N4O3. The number of carbonyl (C=O) groups is 2. The van der Waals surface area contributed by atoms with Crippen LogP contribution in [0.25, 0.3) is 0 Å². The zero-order chi connectivity index (χ0) is 14.7. The number of carboxylic acid groups (broad SMARTS) is 1. The molecule has 1 aromatic heterocycles. The Hall–Kier alpha value is -1.99. The van der Waals surface area contributed by atoms with Gasteiger partial charge in [0, 0.05) is 12.4 Å². The van der Waals surface area contributed by atoms with Crippen LogP contribution in [0.3, 0.4) is 0 Å². The summed E-state index contributed by atoms with van der Waals surface area (Å²) < 4.78 is 0. The highest BCUT2D eigenvalue weighted by atomic mass is 16.4. The molecule has 1 atom stereocenters. The molecule has 0 bridgehead atoms. The molecule has 0 aromatic carbocycles. The number of carbonyl (C=O) groups excluding carboxylic acids is 1. The minimum atomic E-state index is -0.933. The summed E-state index contributed by atoms with van der Waals surface area (Å²) in [6.45, 7) is 0.604. The van der Waals surface area contributed by atoms with Crippen molar-refractivity contribution in [3.8, 4) is 0 Å². The van der Waals surface area contributed by atoms with Crippen molar-refractivity contribution in [2.75, 3.05) is 6.54 Å². The average molecular weight is 268 g/mol. The molecule has 7 nitrogen and oxygen atoms in total. The van der Waals surface area contributed by atoms with Gasteiger partial charge in [0.15, 0.2) is 0 Å². The van der Waals surface area contributed by atoms with E-state index >= 15 is 0 Å². The molecule has 0 saturated carbocycles. The number of nitrogens with zero attached hydrogens (tertiary/aromatic N) is 1. The van der Waals surface area contributed by atoms with Gasteiger partial charge in [-0.25, -0.2) is 0 Å². The highest BCUT2D eigenvalue weighted by Crippen LogP contribution is 1.97. The first kappa shape index (κ1) is 17.0. The van der Waals surface area contributed by atoms with Gasteiger partial charge < -0.3 is 22.3 Å². The quantitative estimate of drug-likeness (QED) is 0.521. The third-order valence-corrected chi connectivity index (χ3v) is 2.23. The number of amides is 1. The van der Waals surface area contributed by atoms with E-state index in [0.29, 0.717) is 18.5 Å². The third kappa shape index (κ3) is 8.70. The minimum Gasteiger partial charge on any atom is -0.480 e. The van der Waals surface area contributed by atoms with Crippen LogP contribution in [0, 0.1) is 0 Å². The van der Waals surface area contributed by atoms with Gasteiger partial charge in [0.25, 0.3) is 0 Å². The molecule has 19 heavy (non-hydrogen) atoms. The number of pyridine rings is 1. The lowest BCUT2D eigenvalue weighted by Gasteiger charge is -2.03. The normalized spacial score (nSPS) is 11.1. The molecule has 7 heteroatoms. The summed E-state index contributed by atoms with van der Waals surface area (Å²) in [7, 11) is 0. The lowest BCUT2D eigenvalue weighted by molar-refractivity contribution is -0.138. The van der Waals surface area contributed by atoms with Crippen LogP contribution in [0.1, 0.15) is 29.6 Å².